The molecule has 1 aromatic heterocycles. The van der Waals surface area contributed by atoms with E-state index in [9.17, 15) is 0 Å². The van der Waals surface area contributed by atoms with Gasteiger partial charge >= 0.3 is 0 Å². The highest BCUT2D eigenvalue weighted by Crippen LogP contribution is 2.23. The number of benzene rings is 2. The summed E-state index contributed by atoms with van der Waals surface area (Å²) in [4.78, 5) is 9.00. The summed E-state index contributed by atoms with van der Waals surface area (Å²) in [6.45, 7) is 5.95. The van der Waals surface area contributed by atoms with Crippen LogP contribution in [0.3, 0.4) is 0 Å². The lowest BCUT2D eigenvalue weighted by Crippen LogP contribution is -2.05. The van der Waals surface area contributed by atoms with E-state index >= 15 is 0 Å². The number of rotatable bonds is 7. The average molecular weight is 364 g/mol. The highest BCUT2D eigenvalue weighted by molar-refractivity contribution is 5.61. The van der Waals surface area contributed by atoms with Crippen LogP contribution >= 0.6 is 0 Å². The Morgan fingerprint density at radius 1 is 0.852 bits per heavy atom. The zero-order valence-electron chi connectivity index (χ0n) is 16.0. The van der Waals surface area contributed by atoms with E-state index in [4.69, 9.17) is 9.47 Å². The van der Waals surface area contributed by atoms with E-state index < -0.39 is 0 Å². The molecule has 0 unspecified atom stereocenters. The summed E-state index contributed by atoms with van der Waals surface area (Å²) in [7, 11) is 1.64. The second kappa shape index (κ2) is 8.40. The van der Waals surface area contributed by atoms with E-state index in [0.717, 1.165) is 28.6 Å². The van der Waals surface area contributed by atoms with Crippen molar-refractivity contribution < 1.29 is 9.47 Å². The monoisotopic (exact) mass is 364 g/mol. The molecule has 0 fully saturated rings. The number of hydrogen-bond acceptors (Lipinski definition) is 6. The van der Waals surface area contributed by atoms with Gasteiger partial charge in [-0.2, -0.15) is 4.98 Å². The van der Waals surface area contributed by atoms with Gasteiger partial charge in [0.25, 0.3) is 0 Å². The second-order valence-corrected chi connectivity index (χ2v) is 6.39. The summed E-state index contributed by atoms with van der Waals surface area (Å²) in [5, 5.41) is 6.52. The van der Waals surface area contributed by atoms with Gasteiger partial charge in [-0.05, 0) is 57.2 Å². The summed E-state index contributed by atoms with van der Waals surface area (Å²) in [6.07, 6.45) is 0.151. The normalized spacial score (nSPS) is 10.6. The van der Waals surface area contributed by atoms with E-state index in [1.165, 1.54) is 0 Å². The van der Waals surface area contributed by atoms with Gasteiger partial charge in [-0.3, -0.25) is 0 Å². The molecule has 0 aliphatic heterocycles. The fraction of sp³-hybridized carbons (Fsp3) is 0.238. The third-order valence-electron chi connectivity index (χ3n) is 3.68. The molecule has 0 aliphatic carbocycles. The van der Waals surface area contributed by atoms with Crippen molar-refractivity contribution in [3.63, 3.8) is 0 Å². The molecule has 3 aromatic rings. The van der Waals surface area contributed by atoms with Crippen LogP contribution in [0.25, 0.3) is 0 Å². The number of hydrogen-bond donors (Lipinski definition) is 2. The lowest BCUT2D eigenvalue weighted by Gasteiger charge is -2.12. The van der Waals surface area contributed by atoms with Gasteiger partial charge in [0.1, 0.15) is 17.3 Å². The predicted molar refractivity (Wildman–Crippen MR) is 109 cm³/mol. The van der Waals surface area contributed by atoms with Crippen LogP contribution in [0.15, 0.2) is 54.6 Å². The van der Waals surface area contributed by atoms with E-state index in [1.54, 1.807) is 7.11 Å². The molecule has 0 bridgehead atoms. The third kappa shape index (κ3) is 5.34. The van der Waals surface area contributed by atoms with E-state index in [0.29, 0.717) is 11.8 Å². The number of methoxy groups -OCH3 is 1. The molecule has 27 heavy (non-hydrogen) atoms. The minimum Gasteiger partial charge on any atom is -0.497 e. The Morgan fingerprint density at radius 2 is 1.63 bits per heavy atom. The molecular formula is C21H24N4O2. The summed E-state index contributed by atoms with van der Waals surface area (Å²) in [6, 6.07) is 17.3. The lowest BCUT2D eigenvalue weighted by atomic mass is 10.3. The Hall–Kier alpha value is -3.28. The maximum Gasteiger partial charge on any atom is 0.229 e. The molecule has 0 saturated heterocycles. The summed E-state index contributed by atoms with van der Waals surface area (Å²) in [5.74, 6) is 2.85. The molecule has 0 radical (unpaired) electrons. The van der Waals surface area contributed by atoms with E-state index in [2.05, 4.69) is 20.6 Å². The molecule has 0 atom stereocenters. The molecular weight excluding hydrogens is 340 g/mol. The van der Waals surface area contributed by atoms with Crippen LogP contribution in [-0.4, -0.2) is 23.2 Å². The van der Waals surface area contributed by atoms with Crippen molar-refractivity contribution in [1.82, 2.24) is 9.97 Å². The van der Waals surface area contributed by atoms with Gasteiger partial charge < -0.3 is 20.1 Å². The number of anilines is 4. The van der Waals surface area contributed by atoms with Crippen molar-refractivity contribution in [3.05, 3.63) is 60.3 Å². The number of aryl methyl sites for hydroxylation is 1. The summed E-state index contributed by atoms with van der Waals surface area (Å²) < 4.78 is 10.9. The van der Waals surface area contributed by atoms with Crippen molar-refractivity contribution in [1.29, 1.82) is 0 Å². The Kier molecular flexibility index (Phi) is 5.76. The van der Waals surface area contributed by atoms with Crippen molar-refractivity contribution in [2.75, 3.05) is 17.7 Å². The number of ether oxygens (including phenoxy) is 2. The third-order valence-corrected chi connectivity index (χ3v) is 3.68. The predicted octanol–water partition coefficient (Wildman–Crippen LogP) is 5.07. The van der Waals surface area contributed by atoms with E-state index in [-0.39, 0.29) is 6.10 Å². The fourth-order valence-corrected chi connectivity index (χ4v) is 2.56. The van der Waals surface area contributed by atoms with Crippen molar-refractivity contribution in [2.24, 2.45) is 0 Å². The first-order valence-electron chi connectivity index (χ1n) is 8.82. The number of nitrogens with one attached hydrogen (secondary N) is 2. The van der Waals surface area contributed by atoms with Crippen LogP contribution in [0.1, 0.15) is 19.5 Å². The lowest BCUT2D eigenvalue weighted by molar-refractivity contribution is 0.242. The van der Waals surface area contributed by atoms with Gasteiger partial charge in [0.05, 0.1) is 13.2 Å². The molecule has 0 amide bonds. The maximum absolute atomic E-state index is 5.67. The highest BCUT2D eigenvalue weighted by atomic mass is 16.5. The van der Waals surface area contributed by atoms with Crippen LogP contribution in [0.5, 0.6) is 11.5 Å². The summed E-state index contributed by atoms with van der Waals surface area (Å²) in [5.41, 5.74) is 2.65. The molecule has 0 aliphatic rings. The second-order valence-electron chi connectivity index (χ2n) is 6.39. The first-order chi connectivity index (χ1) is 13.0. The van der Waals surface area contributed by atoms with Crippen LogP contribution in [0.2, 0.25) is 0 Å². The molecule has 3 rings (SSSR count). The molecule has 1 heterocycles. The molecule has 2 aromatic carbocycles. The summed E-state index contributed by atoms with van der Waals surface area (Å²) >= 11 is 0. The standard InChI is InChI=1S/C21H24N4O2/c1-14(2)27-18-10-8-16(9-11-18)23-20-12-15(3)22-21(25-20)24-17-6-5-7-19(13-17)26-4/h5-14H,1-4H3,(H2,22,23,24,25). The maximum atomic E-state index is 5.67. The van der Waals surface area contributed by atoms with Crippen LogP contribution in [0.4, 0.5) is 23.1 Å². The topological polar surface area (TPSA) is 68.3 Å². The van der Waals surface area contributed by atoms with Gasteiger partial charge in [0.15, 0.2) is 0 Å². The molecule has 6 nitrogen and oxygen atoms in total. The quantitative estimate of drug-likeness (QED) is 0.610. The SMILES string of the molecule is COc1cccc(Nc2nc(C)cc(Nc3ccc(OC(C)C)cc3)n2)c1. The Morgan fingerprint density at radius 3 is 2.33 bits per heavy atom. The van der Waals surface area contributed by atoms with Crippen molar-refractivity contribution in [2.45, 2.75) is 26.9 Å². The number of nitrogens with zero attached hydrogens (tertiary/aromatic N) is 2. The molecule has 140 valence electrons. The fourth-order valence-electron chi connectivity index (χ4n) is 2.56. The van der Waals surface area contributed by atoms with Gasteiger partial charge in [-0.15, -0.1) is 0 Å². The molecule has 2 N–H and O–H groups in total. The van der Waals surface area contributed by atoms with Gasteiger partial charge in [0.2, 0.25) is 5.95 Å². The smallest absolute Gasteiger partial charge is 0.229 e. The largest absolute Gasteiger partial charge is 0.497 e. The number of aromatic nitrogens is 2. The zero-order valence-corrected chi connectivity index (χ0v) is 16.0. The molecule has 6 heteroatoms. The van der Waals surface area contributed by atoms with Gasteiger partial charge in [-0.1, -0.05) is 6.07 Å². The van der Waals surface area contributed by atoms with E-state index in [1.807, 2.05) is 75.4 Å². The van der Waals surface area contributed by atoms with Crippen molar-refractivity contribution in [3.8, 4) is 11.5 Å². The molecule has 0 spiro atoms. The first-order valence-corrected chi connectivity index (χ1v) is 8.82. The highest BCUT2D eigenvalue weighted by Gasteiger charge is 2.05. The minimum absolute atomic E-state index is 0.151. The van der Waals surface area contributed by atoms with Gasteiger partial charge in [-0.25, -0.2) is 4.98 Å². The zero-order chi connectivity index (χ0) is 19.2. The average Bonchev–Trinajstić information content (AvgIpc) is 2.62. The van der Waals surface area contributed by atoms with Crippen LogP contribution in [0, 0.1) is 6.92 Å². The van der Waals surface area contributed by atoms with Crippen LogP contribution in [-0.2, 0) is 0 Å². The Labute approximate surface area is 159 Å². The minimum atomic E-state index is 0.151. The van der Waals surface area contributed by atoms with Crippen LogP contribution < -0.4 is 20.1 Å². The van der Waals surface area contributed by atoms with Crippen molar-refractivity contribution >= 4 is 23.1 Å². The molecule has 0 saturated carbocycles. The first kappa shape index (κ1) is 18.5. The Bertz CT molecular complexity index is 895. The Balaban J connectivity index is 1.74. The van der Waals surface area contributed by atoms with Gasteiger partial charge in [0, 0.05) is 29.2 Å².